The van der Waals surface area contributed by atoms with Gasteiger partial charge in [-0.15, -0.1) is 0 Å². The Balaban J connectivity index is 1.56. The van der Waals surface area contributed by atoms with Crippen LogP contribution in [0.2, 0.25) is 0 Å². The zero-order valence-corrected chi connectivity index (χ0v) is 18.2. The average Bonchev–Trinajstić information content (AvgIpc) is 3.13. The maximum Gasteiger partial charge on any atom is 0.410 e. The van der Waals surface area contributed by atoms with E-state index in [9.17, 15) is 13.2 Å². The van der Waals surface area contributed by atoms with Crippen LogP contribution in [0.4, 0.5) is 9.18 Å². The highest BCUT2D eigenvalue weighted by molar-refractivity contribution is 7.88. The van der Waals surface area contributed by atoms with Crippen LogP contribution in [-0.2, 0) is 27.9 Å². The molecule has 4 rings (SSSR count). The number of ether oxygens (including phenoxy) is 1. The van der Waals surface area contributed by atoms with E-state index in [0.717, 1.165) is 17.4 Å². The molecule has 4 atom stereocenters. The molecule has 1 amide bonds. The number of alkyl halides is 1. The zero-order chi connectivity index (χ0) is 22.0. The van der Waals surface area contributed by atoms with Gasteiger partial charge in [0.15, 0.2) is 0 Å². The van der Waals surface area contributed by atoms with Gasteiger partial charge in [0.05, 0.1) is 18.3 Å². The molecule has 2 saturated heterocycles. The van der Waals surface area contributed by atoms with E-state index in [2.05, 4.69) is 0 Å². The van der Waals surface area contributed by atoms with E-state index in [-0.39, 0.29) is 25.6 Å². The highest BCUT2D eigenvalue weighted by Crippen LogP contribution is 2.41. The normalized spacial score (nSPS) is 25.9. The first kappa shape index (κ1) is 21.8. The molecule has 0 aliphatic carbocycles. The van der Waals surface area contributed by atoms with E-state index >= 15 is 4.39 Å². The first-order chi connectivity index (χ1) is 14.8. The van der Waals surface area contributed by atoms with Crippen molar-refractivity contribution < 1.29 is 22.3 Å². The first-order valence-electron chi connectivity index (χ1n) is 10.5. The highest BCUT2D eigenvalue weighted by Gasteiger charge is 2.53. The van der Waals surface area contributed by atoms with Crippen molar-refractivity contribution >= 4 is 16.1 Å². The second-order valence-electron chi connectivity index (χ2n) is 8.29. The summed E-state index contributed by atoms with van der Waals surface area (Å²) in [4.78, 5) is 14.5. The maximum absolute atomic E-state index is 15.6. The molecule has 2 heterocycles. The SMILES string of the molecule is CS(=O)(=O)N1[C@H]2CC[C@@H]1C(F)C(N(Cc1ccccc1)C(=O)OCc1ccccc1)C2. The summed E-state index contributed by atoms with van der Waals surface area (Å²) in [6.45, 7) is 0.300. The molecule has 8 heteroatoms. The molecule has 31 heavy (non-hydrogen) atoms. The number of fused-ring (bicyclic) bond motifs is 2. The van der Waals surface area contributed by atoms with E-state index in [1.807, 2.05) is 60.7 Å². The van der Waals surface area contributed by atoms with Gasteiger partial charge in [-0.25, -0.2) is 17.6 Å². The third-order valence-electron chi connectivity index (χ3n) is 6.15. The van der Waals surface area contributed by atoms with Crippen molar-refractivity contribution in [3.05, 3.63) is 71.8 Å². The van der Waals surface area contributed by atoms with Crippen molar-refractivity contribution in [3.63, 3.8) is 0 Å². The smallest absolute Gasteiger partial charge is 0.410 e. The fourth-order valence-electron chi connectivity index (χ4n) is 4.79. The lowest BCUT2D eigenvalue weighted by molar-refractivity contribution is 0.0109. The van der Waals surface area contributed by atoms with Gasteiger partial charge >= 0.3 is 6.09 Å². The molecule has 0 aromatic heterocycles. The Labute approximate surface area is 182 Å². The van der Waals surface area contributed by atoms with Crippen LogP contribution in [0.25, 0.3) is 0 Å². The van der Waals surface area contributed by atoms with Crippen LogP contribution in [0.5, 0.6) is 0 Å². The highest BCUT2D eigenvalue weighted by atomic mass is 32.2. The van der Waals surface area contributed by atoms with Crippen molar-refractivity contribution in [2.75, 3.05) is 6.26 Å². The monoisotopic (exact) mass is 446 g/mol. The van der Waals surface area contributed by atoms with Crippen LogP contribution >= 0.6 is 0 Å². The lowest BCUT2D eigenvalue weighted by Crippen LogP contribution is -2.60. The third kappa shape index (κ3) is 4.75. The van der Waals surface area contributed by atoms with E-state index in [1.54, 1.807) is 0 Å². The zero-order valence-electron chi connectivity index (χ0n) is 17.4. The van der Waals surface area contributed by atoms with Crippen molar-refractivity contribution in [2.24, 2.45) is 0 Å². The van der Waals surface area contributed by atoms with Crippen molar-refractivity contribution in [1.29, 1.82) is 0 Å². The summed E-state index contributed by atoms with van der Waals surface area (Å²) >= 11 is 0. The number of rotatable bonds is 6. The van der Waals surface area contributed by atoms with Gasteiger partial charge in [0.1, 0.15) is 12.8 Å². The Kier molecular flexibility index (Phi) is 6.29. The number of amides is 1. The Morgan fingerprint density at radius 1 is 1.06 bits per heavy atom. The molecular formula is C23H27FN2O4S. The summed E-state index contributed by atoms with van der Waals surface area (Å²) in [6.07, 6.45) is 0.397. The summed E-state index contributed by atoms with van der Waals surface area (Å²) in [7, 11) is -3.51. The van der Waals surface area contributed by atoms with Crippen LogP contribution in [-0.4, -0.2) is 54.3 Å². The number of carbonyl (C=O) groups is 1. The third-order valence-corrected chi connectivity index (χ3v) is 7.48. The number of hydrogen-bond acceptors (Lipinski definition) is 4. The van der Waals surface area contributed by atoms with E-state index < -0.39 is 34.4 Å². The van der Waals surface area contributed by atoms with Gasteiger partial charge in [-0.3, -0.25) is 4.90 Å². The molecule has 2 aromatic rings. The quantitative estimate of drug-likeness (QED) is 0.678. The minimum atomic E-state index is -3.51. The predicted octanol–water partition coefficient (Wildman–Crippen LogP) is 3.73. The van der Waals surface area contributed by atoms with Gasteiger partial charge < -0.3 is 4.74 Å². The number of benzene rings is 2. The van der Waals surface area contributed by atoms with Gasteiger partial charge in [-0.2, -0.15) is 4.31 Å². The second-order valence-corrected chi connectivity index (χ2v) is 10.2. The Hall–Kier alpha value is -2.45. The van der Waals surface area contributed by atoms with Crippen LogP contribution in [0.1, 0.15) is 30.4 Å². The topological polar surface area (TPSA) is 66.9 Å². The van der Waals surface area contributed by atoms with Gasteiger partial charge in [0.2, 0.25) is 10.0 Å². The first-order valence-corrected chi connectivity index (χ1v) is 12.3. The number of sulfonamides is 1. The molecular weight excluding hydrogens is 419 g/mol. The minimum absolute atomic E-state index is 0.0942. The van der Waals surface area contributed by atoms with Crippen molar-refractivity contribution in [2.45, 2.75) is 56.7 Å². The van der Waals surface area contributed by atoms with Crippen LogP contribution in [0.3, 0.4) is 0 Å². The van der Waals surface area contributed by atoms with Gasteiger partial charge in [-0.05, 0) is 30.4 Å². The van der Waals surface area contributed by atoms with Gasteiger partial charge in [0.25, 0.3) is 0 Å². The number of nitrogens with zero attached hydrogens (tertiary/aromatic N) is 2. The van der Waals surface area contributed by atoms with Crippen molar-refractivity contribution in [3.8, 4) is 0 Å². The number of carbonyl (C=O) groups excluding carboxylic acids is 1. The molecule has 2 aromatic carbocycles. The summed E-state index contributed by atoms with van der Waals surface area (Å²) in [5, 5.41) is 0. The number of piperidine rings is 1. The largest absolute Gasteiger partial charge is 0.445 e. The second kappa shape index (κ2) is 8.96. The van der Waals surface area contributed by atoms with Crippen LogP contribution < -0.4 is 0 Å². The minimum Gasteiger partial charge on any atom is -0.445 e. The average molecular weight is 447 g/mol. The van der Waals surface area contributed by atoms with Crippen molar-refractivity contribution in [1.82, 2.24) is 9.21 Å². The van der Waals surface area contributed by atoms with Gasteiger partial charge in [0, 0.05) is 12.6 Å². The standard InChI is InChI=1S/C23H27FN2O4S/c1-31(28,29)26-19-12-13-20(26)22(24)21(14-19)25(15-17-8-4-2-5-9-17)23(27)30-16-18-10-6-3-7-11-18/h2-11,19-22H,12-16H2,1H3/t19-,20+,21?,22?/m0/s1. The predicted molar refractivity (Wildman–Crippen MR) is 115 cm³/mol. The molecule has 6 nitrogen and oxygen atoms in total. The molecule has 2 aliphatic rings. The Bertz CT molecular complexity index is 1000. The van der Waals surface area contributed by atoms with E-state index in [0.29, 0.717) is 12.8 Å². The molecule has 2 unspecified atom stereocenters. The van der Waals surface area contributed by atoms with Crippen LogP contribution in [0.15, 0.2) is 60.7 Å². The molecule has 0 radical (unpaired) electrons. The number of halogens is 1. The summed E-state index contributed by atoms with van der Waals surface area (Å²) < 4.78 is 46.9. The van der Waals surface area contributed by atoms with Gasteiger partial charge in [-0.1, -0.05) is 60.7 Å². The maximum atomic E-state index is 15.6. The summed E-state index contributed by atoms with van der Waals surface area (Å²) in [6, 6.07) is 16.9. The molecule has 2 aliphatic heterocycles. The molecule has 2 bridgehead atoms. The van der Waals surface area contributed by atoms with Crippen LogP contribution in [0, 0.1) is 0 Å². The number of hydrogen-bond donors (Lipinski definition) is 0. The fraction of sp³-hybridized carbons (Fsp3) is 0.435. The molecule has 0 saturated carbocycles. The summed E-state index contributed by atoms with van der Waals surface area (Å²) in [5.41, 5.74) is 1.71. The Morgan fingerprint density at radius 2 is 1.68 bits per heavy atom. The van der Waals surface area contributed by atoms with E-state index in [1.165, 1.54) is 9.21 Å². The lowest BCUT2D eigenvalue weighted by Gasteiger charge is -2.43. The fourth-order valence-corrected chi connectivity index (χ4v) is 6.24. The summed E-state index contributed by atoms with van der Waals surface area (Å²) in [5.74, 6) is 0. The molecule has 2 fully saturated rings. The molecule has 0 spiro atoms. The lowest BCUT2D eigenvalue weighted by atomic mass is 9.95. The Morgan fingerprint density at radius 3 is 2.29 bits per heavy atom. The van der Waals surface area contributed by atoms with E-state index in [4.69, 9.17) is 4.74 Å². The molecule has 166 valence electrons. The molecule has 0 N–H and O–H groups in total.